The molecule has 0 aromatic rings. The zero-order valence-corrected chi connectivity index (χ0v) is 15.2. The summed E-state index contributed by atoms with van der Waals surface area (Å²) in [6, 6.07) is 0. The molecular weight excluding hydrogens is 297 g/mol. The minimum absolute atomic E-state index is 0. The molecule has 0 saturated carbocycles. The van der Waals surface area contributed by atoms with Gasteiger partial charge in [0.15, 0.2) is 0 Å². The first kappa shape index (κ1) is 43.8. The van der Waals surface area contributed by atoms with Gasteiger partial charge in [0.1, 0.15) is 0 Å². The zero-order valence-electron chi connectivity index (χ0n) is 6.69. The fourth-order valence-electron chi connectivity index (χ4n) is 0. The SMILES string of the molecule is [KH].[O]=[AlH].[O]=[AlH].[O]=[AlH].[O]=[AlH].[O]=[AlH].[O]=[AlH]. The third-order valence-corrected chi connectivity index (χ3v) is 0. The van der Waals surface area contributed by atoms with Crippen LogP contribution in [0.4, 0.5) is 0 Å². The molecule has 13 heavy (non-hydrogen) atoms. The molecule has 0 amide bonds. The first-order chi connectivity index (χ1) is 6.00. The van der Waals surface area contributed by atoms with Crippen LogP contribution in [0.1, 0.15) is 0 Å². The summed E-state index contributed by atoms with van der Waals surface area (Å²) in [6.07, 6.45) is 0. The molecule has 0 saturated heterocycles. The summed E-state index contributed by atoms with van der Waals surface area (Å²) in [5, 5.41) is 0. The van der Waals surface area contributed by atoms with Gasteiger partial charge < -0.3 is 0 Å². The third kappa shape index (κ3) is 220. The van der Waals surface area contributed by atoms with Crippen LogP contribution in [0.5, 0.6) is 0 Å². The summed E-state index contributed by atoms with van der Waals surface area (Å²) in [5.74, 6) is 0. The Bertz CT molecular complexity index is 32.6. The van der Waals surface area contributed by atoms with Crippen LogP contribution in [0.2, 0.25) is 0 Å². The van der Waals surface area contributed by atoms with Gasteiger partial charge in [-0.05, 0) is 0 Å². The fourth-order valence-corrected chi connectivity index (χ4v) is 0. The van der Waals surface area contributed by atoms with Crippen molar-refractivity contribution in [2.75, 3.05) is 0 Å². The molecule has 0 rings (SSSR count). The molecule has 0 aromatic carbocycles. The van der Waals surface area contributed by atoms with E-state index in [4.69, 9.17) is 22.8 Å². The molecule has 0 bridgehead atoms. The molecule has 0 spiro atoms. The topological polar surface area (TPSA) is 102 Å². The van der Waals surface area contributed by atoms with Crippen LogP contribution < -0.4 is 0 Å². The van der Waals surface area contributed by atoms with Gasteiger partial charge in [0.25, 0.3) is 0 Å². The van der Waals surface area contributed by atoms with E-state index in [1.807, 2.05) is 0 Å². The second-order valence-corrected chi connectivity index (χ2v) is 0. The maximum absolute atomic E-state index is 8.28. The Labute approximate surface area is 168 Å². The molecule has 0 N–H and O–H groups in total. The first-order valence-corrected chi connectivity index (χ1v) is 5.20. The molecule has 0 heterocycles. The van der Waals surface area contributed by atoms with Crippen molar-refractivity contribution in [2.24, 2.45) is 0 Å². The quantitative estimate of drug-likeness (QED) is 0.414. The van der Waals surface area contributed by atoms with E-state index < -0.39 is 0 Å². The Morgan fingerprint density at radius 2 is 0.308 bits per heavy atom. The third-order valence-electron chi connectivity index (χ3n) is 0. The summed E-state index contributed by atoms with van der Waals surface area (Å²) in [5.41, 5.74) is 0. The van der Waals surface area contributed by atoms with Crippen molar-refractivity contribution in [3.8, 4) is 0 Å². The standard InChI is InChI=1S/6Al.K.6O.7H. The van der Waals surface area contributed by atoms with Crippen LogP contribution in [-0.4, -0.2) is 149 Å². The Hall–Kier alpha value is 3.63. The van der Waals surface area contributed by atoms with Gasteiger partial charge >= 0.3 is 172 Å². The Balaban J connectivity index is -0.00000000655. The summed E-state index contributed by atoms with van der Waals surface area (Å²) >= 11 is 3.67. The van der Waals surface area contributed by atoms with Crippen molar-refractivity contribution in [1.29, 1.82) is 0 Å². The number of hydrogen-bond donors (Lipinski definition) is 0. The van der Waals surface area contributed by atoms with Gasteiger partial charge in [0, 0.05) is 0 Å². The molecule has 13 heteroatoms. The average molecular weight is 304 g/mol. The van der Waals surface area contributed by atoms with Crippen molar-refractivity contribution >= 4 is 149 Å². The molecule has 0 aromatic heterocycles. The molecule has 6 nitrogen and oxygen atoms in total. The Morgan fingerprint density at radius 3 is 0.308 bits per heavy atom. The predicted molar refractivity (Wildman–Crippen MR) is 54.2 cm³/mol. The van der Waals surface area contributed by atoms with E-state index in [1.165, 1.54) is 0 Å². The summed E-state index contributed by atoms with van der Waals surface area (Å²) in [4.78, 5) is 0. The zero-order chi connectivity index (χ0) is 12.0. The van der Waals surface area contributed by atoms with Gasteiger partial charge in [0.2, 0.25) is 0 Å². The van der Waals surface area contributed by atoms with Crippen LogP contribution in [0, 0.1) is 0 Å². The van der Waals surface area contributed by atoms with Crippen LogP contribution in [0.15, 0.2) is 0 Å². The van der Waals surface area contributed by atoms with E-state index in [9.17, 15) is 0 Å². The number of rotatable bonds is 0. The van der Waals surface area contributed by atoms with Gasteiger partial charge in [-0.15, -0.1) is 0 Å². The monoisotopic (exact) mass is 304 g/mol. The molecule has 0 fully saturated rings. The van der Waals surface area contributed by atoms with Gasteiger partial charge in [0.05, 0.1) is 0 Å². The van der Waals surface area contributed by atoms with Gasteiger partial charge in [-0.1, -0.05) is 0 Å². The molecule has 0 aliphatic heterocycles. The molecule has 0 unspecified atom stereocenters. The van der Waals surface area contributed by atoms with E-state index in [2.05, 4.69) is 0 Å². The Kier molecular flexibility index (Phi) is 855. The summed E-state index contributed by atoms with van der Waals surface area (Å²) in [6.45, 7) is 0. The second kappa shape index (κ2) is 254. The summed E-state index contributed by atoms with van der Waals surface area (Å²) in [7, 11) is 0. The van der Waals surface area contributed by atoms with Crippen molar-refractivity contribution in [3.05, 3.63) is 0 Å². The van der Waals surface area contributed by atoms with Gasteiger partial charge in [-0.25, -0.2) is 0 Å². The summed E-state index contributed by atoms with van der Waals surface area (Å²) < 4.78 is 49.7. The van der Waals surface area contributed by atoms with E-state index >= 15 is 0 Å². The van der Waals surface area contributed by atoms with E-state index in [0.717, 1.165) is 0 Å². The van der Waals surface area contributed by atoms with Gasteiger partial charge in [-0.2, -0.15) is 0 Å². The molecule has 62 valence electrons. The molecule has 0 aliphatic carbocycles. The molecule has 0 atom stereocenters. The van der Waals surface area contributed by atoms with Crippen LogP contribution >= 0.6 is 0 Å². The van der Waals surface area contributed by atoms with Crippen LogP contribution in [0.25, 0.3) is 0 Å². The van der Waals surface area contributed by atoms with Crippen molar-refractivity contribution < 1.29 is 22.8 Å². The van der Waals surface area contributed by atoms with Gasteiger partial charge in [-0.3, -0.25) is 0 Å². The van der Waals surface area contributed by atoms with Crippen molar-refractivity contribution in [3.63, 3.8) is 0 Å². The molecular formula is H7Al6KO6. The van der Waals surface area contributed by atoms with E-state index in [-0.39, 0.29) is 51.4 Å². The first-order valence-electron chi connectivity index (χ1n) is 1.73. The normalized spacial score (nSPS) is 1.38. The predicted octanol–water partition coefficient (Wildman–Crippen LogP) is -5.25. The van der Waals surface area contributed by atoms with E-state index in [0.29, 0.717) is 97.3 Å². The van der Waals surface area contributed by atoms with Crippen LogP contribution in [0.3, 0.4) is 0 Å². The molecule has 0 aliphatic rings. The minimum atomic E-state index is 0. The fraction of sp³-hybridized carbons (Fsp3) is 0. The van der Waals surface area contributed by atoms with Crippen molar-refractivity contribution in [1.82, 2.24) is 0 Å². The van der Waals surface area contributed by atoms with Crippen LogP contribution in [-0.2, 0) is 22.8 Å². The second-order valence-electron chi connectivity index (χ2n) is 0. The Morgan fingerprint density at radius 1 is 0.308 bits per heavy atom. The van der Waals surface area contributed by atoms with Crippen molar-refractivity contribution in [2.45, 2.75) is 0 Å². The maximum atomic E-state index is 8.28. The number of hydrogen-bond acceptors (Lipinski definition) is 6. The average Bonchev–Trinajstić information content (AvgIpc) is 2.33. The molecule has 0 radical (unpaired) electrons. The van der Waals surface area contributed by atoms with E-state index in [1.54, 1.807) is 0 Å².